The van der Waals surface area contributed by atoms with Gasteiger partial charge in [-0.05, 0) is 23.8 Å². The molecule has 164 valence electrons. The third kappa shape index (κ3) is 4.09. The second kappa shape index (κ2) is 9.34. The molecular formula is C28H19N3O2S. The summed E-state index contributed by atoms with van der Waals surface area (Å²) < 4.78 is 0. The highest BCUT2D eigenvalue weighted by atomic mass is 32.2. The van der Waals surface area contributed by atoms with Crippen LogP contribution in [0.1, 0.15) is 12.0 Å². The first-order valence-electron chi connectivity index (χ1n) is 10.8. The fraction of sp³-hybridized carbons (Fsp3) is 0.0714. The lowest BCUT2D eigenvalue weighted by Gasteiger charge is -2.16. The fourth-order valence-electron chi connectivity index (χ4n) is 4.00. The van der Waals surface area contributed by atoms with Crippen molar-refractivity contribution >= 4 is 29.3 Å². The maximum atomic E-state index is 13.2. The minimum Gasteiger partial charge on any atom is -0.274 e. The Morgan fingerprint density at radius 2 is 1.44 bits per heavy atom. The molecule has 6 heteroatoms. The first-order chi connectivity index (χ1) is 16.7. The van der Waals surface area contributed by atoms with E-state index in [1.54, 1.807) is 24.3 Å². The molecule has 5 nitrogen and oxygen atoms in total. The molecule has 1 fully saturated rings. The Hall–Kier alpha value is -4.21. The van der Waals surface area contributed by atoms with Crippen LogP contribution >= 0.6 is 11.8 Å². The van der Waals surface area contributed by atoms with Crippen LogP contribution in [-0.4, -0.2) is 22.0 Å². The van der Waals surface area contributed by atoms with Crippen molar-refractivity contribution in [2.24, 2.45) is 0 Å². The summed E-state index contributed by atoms with van der Waals surface area (Å²) in [4.78, 5) is 31.9. The van der Waals surface area contributed by atoms with Crippen molar-refractivity contribution in [2.45, 2.75) is 16.7 Å². The number of carbonyl (C=O) groups is 2. The van der Waals surface area contributed by atoms with Crippen LogP contribution in [0.3, 0.4) is 0 Å². The molecule has 0 saturated carbocycles. The molecule has 0 radical (unpaired) electrons. The summed E-state index contributed by atoms with van der Waals surface area (Å²) in [6, 6.07) is 32.5. The molecule has 5 rings (SSSR count). The molecule has 34 heavy (non-hydrogen) atoms. The summed E-state index contributed by atoms with van der Waals surface area (Å²) in [5.41, 5.74) is 4.20. The van der Waals surface area contributed by atoms with E-state index in [2.05, 4.69) is 6.07 Å². The van der Waals surface area contributed by atoms with Crippen molar-refractivity contribution in [3.63, 3.8) is 0 Å². The molecule has 1 aliphatic heterocycles. The van der Waals surface area contributed by atoms with Gasteiger partial charge in [0.05, 0.1) is 22.2 Å². The molecule has 1 atom stereocenters. The van der Waals surface area contributed by atoms with Crippen LogP contribution in [-0.2, 0) is 9.59 Å². The van der Waals surface area contributed by atoms with Gasteiger partial charge in [-0.3, -0.25) is 9.59 Å². The third-order valence-electron chi connectivity index (χ3n) is 5.63. The highest BCUT2D eigenvalue weighted by Gasteiger charge is 2.41. The molecule has 1 saturated heterocycles. The summed E-state index contributed by atoms with van der Waals surface area (Å²) in [5.74, 6) is -0.548. The number of nitrogens with zero attached hydrogens (tertiary/aromatic N) is 3. The van der Waals surface area contributed by atoms with Crippen molar-refractivity contribution in [3.8, 4) is 28.5 Å². The van der Waals surface area contributed by atoms with E-state index in [1.165, 1.54) is 16.7 Å². The maximum Gasteiger partial charge on any atom is 0.247 e. The molecule has 0 unspecified atom stereocenters. The van der Waals surface area contributed by atoms with Crippen molar-refractivity contribution in [1.29, 1.82) is 5.26 Å². The number of para-hydroxylation sites is 1. The molecule has 0 spiro atoms. The van der Waals surface area contributed by atoms with Crippen molar-refractivity contribution < 1.29 is 9.59 Å². The molecule has 2 amide bonds. The summed E-state index contributed by atoms with van der Waals surface area (Å²) in [6.45, 7) is 0. The van der Waals surface area contributed by atoms with Crippen molar-refractivity contribution in [1.82, 2.24) is 4.98 Å². The number of imide groups is 1. The molecule has 2 heterocycles. The van der Waals surface area contributed by atoms with E-state index in [0.717, 1.165) is 16.7 Å². The lowest BCUT2D eigenvalue weighted by molar-refractivity contribution is -0.121. The first-order valence-corrected chi connectivity index (χ1v) is 11.7. The van der Waals surface area contributed by atoms with E-state index in [1.807, 2.05) is 72.8 Å². The largest absolute Gasteiger partial charge is 0.274 e. The van der Waals surface area contributed by atoms with E-state index >= 15 is 0 Å². The molecular weight excluding hydrogens is 442 g/mol. The molecule has 4 aromatic rings. The summed E-state index contributed by atoms with van der Waals surface area (Å²) in [7, 11) is 0. The lowest BCUT2D eigenvalue weighted by Crippen LogP contribution is -2.31. The number of benzene rings is 3. The second-order valence-corrected chi connectivity index (χ2v) is 8.98. The van der Waals surface area contributed by atoms with Gasteiger partial charge in [0.2, 0.25) is 11.8 Å². The predicted molar refractivity (Wildman–Crippen MR) is 133 cm³/mol. The molecule has 0 N–H and O–H groups in total. The molecule has 0 aliphatic carbocycles. The Bertz CT molecular complexity index is 1400. The van der Waals surface area contributed by atoms with Gasteiger partial charge in [-0.2, -0.15) is 5.26 Å². The topological polar surface area (TPSA) is 74.1 Å². The van der Waals surface area contributed by atoms with Gasteiger partial charge < -0.3 is 0 Å². The smallest absolute Gasteiger partial charge is 0.247 e. The van der Waals surface area contributed by atoms with Crippen LogP contribution in [0.5, 0.6) is 0 Å². The Balaban J connectivity index is 1.58. The Morgan fingerprint density at radius 3 is 2.06 bits per heavy atom. The number of pyridine rings is 1. The number of hydrogen-bond acceptors (Lipinski definition) is 5. The number of rotatable bonds is 5. The normalized spacial score (nSPS) is 15.4. The van der Waals surface area contributed by atoms with Gasteiger partial charge in [0.15, 0.2) is 0 Å². The number of thioether (sulfide) groups is 1. The van der Waals surface area contributed by atoms with E-state index in [0.29, 0.717) is 22.0 Å². The molecule has 0 bridgehead atoms. The Labute approximate surface area is 201 Å². The average Bonchev–Trinajstić information content (AvgIpc) is 3.17. The summed E-state index contributed by atoms with van der Waals surface area (Å²) in [5, 5.41) is 9.88. The quantitative estimate of drug-likeness (QED) is 0.356. The maximum absolute atomic E-state index is 13.2. The van der Waals surface area contributed by atoms with Crippen LogP contribution in [0.25, 0.3) is 22.4 Å². The monoisotopic (exact) mass is 461 g/mol. The summed E-state index contributed by atoms with van der Waals surface area (Å²) >= 11 is 1.18. The van der Waals surface area contributed by atoms with E-state index < -0.39 is 5.25 Å². The zero-order chi connectivity index (χ0) is 23.5. The van der Waals surface area contributed by atoms with Gasteiger partial charge >= 0.3 is 0 Å². The standard InChI is InChI=1S/C28H19N3O2S/c29-18-23-22(19-10-4-1-5-11-19)16-24(20-12-6-2-7-13-20)30-27(23)34-25-17-26(32)31(28(25)33)21-14-8-3-9-15-21/h1-16,25H,17H2/t25-/m0/s1. The van der Waals surface area contributed by atoms with Crippen LogP contribution in [0, 0.1) is 11.3 Å². The van der Waals surface area contributed by atoms with Crippen molar-refractivity contribution in [3.05, 3.63) is 103 Å². The minimum absolute atomic E-state index is 0.0567. The van der Waals surface area contributed by atoms with Gasteiger partial charge in [-0.15, -0.1) is 0 Å². The van der Waals surface area contributed by atoms with Gasteiger partial charge in [0, 0.05) is 17.5 Å². The zero-order valence-corrected chi connectivity index (χ0v) is 18.9. The van der Waals surface area contributed by atoms with Gasteiger partial charge in [0.1, 0.15) is 11.1 Å². The number of amides is 2. The fourth-order valence-corrected chi connectivity index (χ4v) is 5.12. The summed E-state index contributed by atoms with van der Waals surface area (Å²) in [6.07, 6.45) is 0.0567. The van der Waals surface area contributed by atoms with E-state index in [-0.39, 0.29) is 18.2 Å². The third-order valence-corrected chi connectivity index (χ3v) is 6.80. The number of carbonyl (C=O) groups excluding carboxylic acids is 2. The highest BCUT2D eigenvalue weighted by molar-refractivity contribution is 8.00. The van der Waals surface area contributed by atoms with E-state index in [9.17, 15) is 14.9 Å². The van der Waals surface area contributed by atoms with Crippen LogP contribution < -0.4 is 4.90 Å². The van der Waals surface area contributed by atoms with Crippen LogP contribution in [0.4, 0.5) is 5.69 Å². The van der Waals surface area contributed by atoms with Crippen LogP contribution in [0.2, 0.25) is 0 Å². The van der Waals surface area contributed by atoms with Crippen LogP contribution in [0.15, 0.2) is 102 Å². The zero-order valence-electron chi connectivity index (χ0n) is 18.1. The Kier molecular flexibility index (Phi) is 5.94. The number of hydrogen-bond donors (Lipinski definition) is 0. The van der Waals surface area contributed by atoms with Crippen molar-refractivity contribution in [2.75, 3.05) is 4.90 Å². The highest BCUT2D eigenvalue weighted by Crippen LogP contribution is 2.39. The molecule has 3 aromatic carbocycles. The number of anilines is 1. The first kappa shape index (κ1) is 21.6. The second-order valence-electron chi connectivity index (χ2n) is 7.79. The predicted octanol–water partition coefficient (Wildman–Crippen LogP) is 5.71. The SMILES string of the molecule is N#Cc1c(-c2ccccc2)cc(-c2ccccc2)nc1S[C@H]1CC(=O)N(c2ccccc2)C1=O. The van der Waals surface area contributed by atoms with Gasteiger partial charge in [-0.1, -0.05) is 90.6 Å². The number of nitriles is 1. The van der Waals surface area contributed by atoms with E-state index in [4.69, 9.17) is 4.98 Å². The number of aromatic nitrogens is 1. The van der Waals surface area contributed by atoms with Gasteiger partial charge in [0.25, 0.3) is 0 Å². The Morgan fingerprint density at radius 1 is 0.853 bits per heavy atom. The minimum atomic E-state index is -0.651. The molecule has 1 aromatic heterocycles. The van der Waals surface area contributed by atoms with Gasteiger partial charge in [-0.25, -0.2) is 9.88 Å². The average molecular weight is 462 g/mol. The molecule has 1 aliphatic rings. The lowest BCUT2D eigenvalue weighted by atomic mass is 9.99.